The van der Waals surface area contributed by atoms with E-state index in [9.17, 15) is 10.1 Å². The molecule has 1 amide bonds. The fourth-order valence-electron chi connectivity index (χ4n) is 4.75. The number of hydrogen-bond acceptors (Lipinski definition) is 5. The van der Waals surface area contributed by atoms with E-state index >= 15 is 0 Å². The lowest BCUT2D eigenvalue weighted by Crippen LogP contribution is -2.48. The van der Waals surface area contributed by atoms with E-state index in [0.29, 0.717) is 35.3 Å². The third-order valence-electron chi connectivity index (χ3n) is 6.12. The minimum atomic E-state index is -0.477. The van der Waals surface area contributed by atoms with Gasteiger partial charge in [-0.15, -0.1) is 0 Å². The molecular weight excluding hydrogens is 414 g/mol. The zero-order valence-electron chi connectivity index (χ0n) is 20.4. The quantitative estimate of drug-likeness (QED) is 0.432. The van der Waals surface area contributed by atoms with Crippen molar-refractivity contribution in [2.24, 2.45) is 0 Å². The van der Waals surface area contributed by atoms with Crippen LogP contribution >= 0.6 is 0 Å². The molecule has 174 valence electrons. The molecule has 1 unspecified atom stereocenters. The van der Waals surface area contributed by atoms with Gasteiger partial charge in [-0.25, -0.2) is 0 Å². The number of rotatable bonds is 7. The summed E-state index contributed by atoms with van der Waals surface area (Å²) in [6, 6.07) is 13.2. The number of nitrogens with one attached hydrogen (secondary N) is 1. The van der Waals surface area contributed by atoms with Crippen LogP contribution in [0, 0.1) is 11.3 Å². The highest BCUT2D eigenvalue weighted by Gasteiger charge is 2.36. The number of nitriles is 1. The van der Waals surface area contributed by atoms with E-state index in [0.717, 1.165) is 18.7 Å². The number of hydrogen-bond donors (Lipinski definition) is 1. The van der Waals surface area contributed by atoms with Gasteiger partial charge in [-0.2, -0.15) is 5.26 Å². The molecule has 1 aliphatic rings. The van der Waals surface area contributed by atoms with Gasteiger partial charge in [-0.1, -0.05) is 13.0 Å². The zero-order valence-corrected chi connectivity index (χ0v) is 20.4. The van der Waals surface area contributed by atoms with E-state index in [1.165, 1.54) is 5.56 Å². The Morgan fingerprint density at radius 1 is 1.30 bits per heavy atom. The number of anilines is 2. The number of methoxy groups -OCH3 is 1. The fourth-order valence-corrected chi connectivity index (χ4v) is 4.75. The first-order valence-electron chi connectivity index (χ1n) is 11.4. The van der Waals surface area contributed by atoms with Gasteiger partial charge in [0.05, 0.1) is 13.7 Å². The van der Waals surface area contributed by atoms with Crippen LogP contribution < -0.4 is 19.7 Å². The van der Waals surface area contributed by atoms with Gasteiger partial charge in [-0.3, -0.25) is 4.79 Å². The van der Waals surface area contributed by atoms with Crippen molar-refractivity contribution < 1.29 is 14.3 Å². The Balaban J connectivity index is 1.97. The summed E-state index contributed by atoms with van der Waals surface area (Å²) >= 11 is 0. The van der Waals surface area contributed by atoms with Crippen molar-refractivity contribution >= 4 is 23.4 Å². The Morgan fingerprint density at radius 2 is 2.06 bits per heavy atom. The van der Waals surface area contributed by atoms with Crippen LogP contribution in [0.1, 0.15) is 58.1 Å². The molecule has 2 aromatic carbocycles. The summed E-state index contributed by atoms with van der Waals surface area (Å²) in [5.74, 6) is 1.16. The first-order valence-corrected chi connectivity index (χ1v) is 11.4. The summed E-state index contributed by atoms with van der Waals surface area (Å²) in [4.78, 5) is 15.3. The fraction of sp³-hybridized carbons (Fsp3) is 0.407. The summed E-state index contributed by atoms with van der Waals surface area (Å²) in [5, 5.41) is 12.5. The monoisotopic (exact) mass is 447 g/mol. The second-order valence-corrected chi connectivity index (χ2v) is 8.90. The minimum Gasteiger partial charge on any atom is -0.496 e. The smallest absolute Gasteiger partial charge is 0.266 e. The van der Waals surface area contributed by atoms with Crippen molar-refractivity contribution in [3.05, 3.63) is 53.1 Å². The molecule has 1 aliphatic heterocycles. The van der Waals surface area contributed by atoms with Gasteiger partial charge >= 0.3 is 0 Å². The molecule has 0 saturated carbocycles. The number of benzene rings is 2. The van der Waals surface area contributed by atoms with Crippen LogP contribution in [-0.4, -0.2) is 31.7 Å². The molecule has 1 atom stereocenters. The highest BCUT2D eigenvalue weighted by molar-refractivity contribution is 6.10. The van der Waals surface area contributed by atoms with Crippen molar-refractivity contribution in [1.82, 2.24) is 0 Å². The van der Waals surface area contributed by atoms with Crippen molar-refractivity contribution in [2.45, 2.75) is 52.5 Å². The lowest BCUT2D eigenvalue weighted by atomic mass is 9.79. The Morgan fingerprint density at radius 3 is 2.70 bits per heavy atom. The molecule has 0 spiro atoms. The van der Waals surface area contributed by atoms with E-state index < -0.39 is 5.91 Å². The van der Waals surface area contributed by atoms with E-state index in [2.05, 4.69) is 44.0 Å². The summed E-state index contributed by atoms with van der Waals surface area (Å²) < 4.78 is 11.1. The van der Waals surface area contributed by atoms with Crippen LogP contribution in [-0.2, 0) is 4.79 Å². The largest absolute Gasteiger partial charge is 0.496 e. The molecular formula is C27H33N3O3. The average molecular weight is 448 g/mol. The molecule has 0 fully saturated rings. The molecule has 0 aliphatic carbocycles. The van der Waals surface area contributed by atoms with Crippen LogP contribution in [0.25, 0.3) is 6.08 Å². The second kappa shape index (κ2) is 9.99. The molecule has 1 heterocycles. The van der Waals surface area contributed by atoms with Crippen LogP contribution in [0.5, 0.6) is 11.5 Å². The van der Waals surface area contributed by atoms with Crippen LogP contribution in [0.3, 0.4) is 0 Å². The van der Waals surface area contributed by atoms with Crippen molar-refractivity contribution in [1.29, 1.82) is 5.26 Å². The molecule has 0 radical (unpaired) electrons. The standard InChI is InChI=1S/C27H33N3O3/c1-7-30-24-15-25(32-6)19(13-23(24)18(3)16-27(30,4)5)12-20(17-28)26(31)29-21-10-9-11-22(14-21)33-8-2/h9-15,18H,7-8,16H2,1-6H3,(H,29,31)/b20-12+. The second-order valence-electron chi connectivity index (χ2n) is 8.90. The SMILES string of the molecule is CCOc1cccc(NC(=O)/C(C#N)=C/c2cc3c(cc2OC)N(CC)C(C)(C)CC3C)c1. The number of nitrogens with zero attached hydrogens (tertiary/aromatic N) is 2. The molecule has 3 rings (SSSR count). The van der Waals surface area contributed by atoms with E-state index in [4.69, 9.17) is 9.47 Å². The van der Waals surface area contributed by atoms with Crippen molar-refractivity contribution in [3.8, 4) is 17.6 Å². The first kappa shape index (κ1) is 24.2. The van der Waals surface area contributed by atoms with Crippen LogP contribution in [0.4, 0.5) is 11.4 Å². The summed E-state index contributed by atoms with van der Waals surface area (Å²) in [5.41, 5.74) is 3.67. The maximum absolute atomic E-state index is 12.9. The maximum Gasteiger partial charge on any atom is 0.266 e. The Labute approximate surface area is 196 Å². The topological polar surface area (TPSA) is 74.6 Å². The van der Waals surface area contributed by atoms with Gasteiger partial charge in [-0.05, 0) is 69.9 Å². The highest BCUT2D eigenvalue weighted by Crippen LogP contribution is 2.45. The van der Waals surface area contributed by atoms with Gasteiger partial charge in [0.25, 0.3) is 5.91 Å². The molecule has 2 aromatic rings. The summed E-state index contributed by atoms with van der Waals surface area (Å²) in [7, 11) is 1.61. The Hall–Kier alpha value is -3.46. The third-order valence-corrected chi connectivity index (χ3v) is 6.12. The predicted molar refractivity (Wildman–Crippen MR) is 133 cm³/mol. The van der Waals surface area contributed by atoms with E-state index in [1.807, 2.05) is 25.1 Å². The summed E-state index contributed by atoms with van der Waals surface area (Å²) in [6.07, 6.45) is 2.62. The van der Waals surface area contributed by atoms with Crippen LogP contribution in [0.2, 0.25) is 0 Å². The third kappa shape index (κ3) is 5.14. The van der Waals surface area contributed by atoms with Gasteiger partial charge < -0.3 is 19.7 Å². The van der Waals surface area contributed by atoms with Gasteiger partial charge in [0, 0.05) is 41.2 Å². The first-order chi connectivity index (χ1) is 15.7. The van der Waals surface area contributed by atoms with Gasteiger partial charge in [0.2, 0.25) is 0 Å². The van der Waals surface area contributed by atoms with Gasteiger partial charge in [0.15, 0.2) is 0 Å². The maximum atomic E-state index is 12.9. The Kier molecular flexibility index (Phi) is 7.33. The molecule has 1 N–H and O–H groups in total. The van der Waals surface area contributed by atoms with Crippen molar-refractivity contribution in [2.75, 3.05) is 30.5 Å². The minimum absolute atomic E-state index is 0.00574. The van der Waals surface area contributed by atoms with E-state index in [-0.39, 0.29) is 11.1 Å². The number of carbonyl (C=O) groups excluding carboxylic acids is 1. The number of fused-ring (bicyclic) bond motifs is 1. The molecule has 0 aromatic heterocycles. The number of amides is 1. The zero-order chi connectivity index (χ0) is 24.2. The average Bonchev–Trinajstić information content (AvgIpc) is 2.77. The van der Waals surface area contributed by atoms with Crippen LogP contribution in [0.15, 0.2) is 42.0 Å². The van der Waals surface area contributed by atoms with Crippen molar-refractivity contribution in [3.63, 3.8) is 0 Å². The lowest BCUT2D eigenvalue weighted by Gasteiger charge is -2.47. The number of carbonyl (C=O) groups is 1. The molecule has 0 bridgehead atoms. The molecule has 33 heavy (non-hydrogen) atoms. The highest BCUT2D eigenvalue weighted by atomic mass is 16.5. The normalized spacial score (nSPS) is 17.1. The number of ether oxygens (including phenoxy) is 2. The lowest BCUT2D eigenvalue weighted by molar-refractivity contribution is -0.112. The molecule has 6 heteroatoms. The Bertz CT molecular complexity index is 1100. The molecule has 6 nitrogen and oxygen atoms in total. The predicted octanol–water partition coefficient (Wildman–Crippen LogP) is 5.75. The van der Waals surface area contributed by atoms with E-state index in [1.54, 1.807) is 31.4 Å². The summed E-state index contributed by atoms with van der Waals surface area (Å²) in [6.45, 7) is 12.2. The molecule has 0 saturated heterocycles. The van der Waals surface area contributed by atoms with Gasteiger partial charge in [0.1, 0.15) is 23.1 Å².